The van der Waals surface area contributed by atoms with Crippen molar-refractivity contribution in [1.82, 2.24) is 0 Å². The quantitative estimate of drug-likeness (QED) is 0.0749. The van der Waals surface area contributed by atoms with E-state index in [1.165, 1.54) is 76.0 Å². The number of ether oxygens (including phenoxy) is 3. The van der Waals surface area contributed by atoms with Crippen molar-refractivity contribution in [3.63, 3.8) is 0 Å². The van der Waals surface area contributed by atoms with Gasteiger partial charge in [0, 0.05) is 12.5 Å². The first kappa shape index (κ1) is 32.9. The summed E-state index contributed by atoms with van der Waals surface area (Å²) in [6.45, 7) is 5.05. The van der Waals surface area contributed by atoms with Gasteiger partial charge in [-0.2, -0.15) is 0 Å². The molecule has 0 amide bonds. The summed E-state index contributed by atoms with van der Waals surface area (Å²) in [6.07, 6.45) is 17.8. The summed E-state index contributed by atoms with van der Waals surface area (Å²) in [6, 6.07) is 11.3. The highest BCUT2D eigenvalue weighted by atomic mass is 16.5. The van der Waals surface area contributed by atoms with E-state index in [-0.39, 0.29) is 22.5 Å². The van der Waals surface area contributed by atoms with Crippen molar-refractivity contribution in [2.45, 2.75) is 110 Å². The molecule has 0 unspecified atom stereocenters. The van der Waals surface area contributed by atoms with E-state index < -0.39 is 11.4 Å². The minimum atomic E-state index is -0.812. The predicted molar refractivity (Wildman–Crippen MR) is 166 cm³/mol. The molecule has 3 aromatic rings. The smallest absolute Gasteiger partial charge is 0.350 e. The molecular formula is C35H46O7. The van der Waals surface area contributed by atoms with Crippen molar-refractivity contribution >= 4 is 22.9 Å². The van der Waals surface area contributed by atoms with Crippen LogP contribution in [0.15, 0.2) is 57.9 Å². The average molecular weight is 579 g/mol. The topological polar surface area (TPSA) is 92.0 Å². The van der Waals surface area contributed by atoms with Crippen LogP contribution >= 0.6 is 0 Å². The van der Waals surface area contributed by atoms with E-state index in [1.54, 1.807) is 24.3 Å². The zero-order valence-corrected chi connectivity index (χ0v) is 25.3. The lowest BCUT2D eigenvalue weighted by molar-refractivity contribution is -0.134. The Labute approximate surface area is 249 Å². The third-order valence-corrected chi connectivity index (χ3v) is 7.23. The van der Waals surface area contributed by atoms with Gasteiger partial charge in [0.1, 0.15) is 34.7 Å². The molecule has 0 fully saturated rings. The summed E-state index contributed by atoms with van der Waals surface area (Å²) < 4.78 is 22.2. The van der Waals surface area contributed by atoms with Crippen LogP contribution in [0.3, 0.4) is 0 Å². The van der Waals surface area contributed by atoms with Gasteiger partial charge in [-0.15, -0.1) is 0 Å². The molecule has 7 heteroatoms. The summed E-state index contributed by atoms with van der Waals surface area (Å²) in [5, 5.41) is 0.199. The van der Waals surface area contributed by atoms with E-state index in [1.807, 2.05) is 0 Å². The lowest BCUT2D eigenvalue weighted by atomic mass is 10.1. The fraction of sp³-hybridized carbons (Fsp3) is 0.514. The molecule has 0 aliphatic carbocycles. The van der Waals surface area contributed by atoms with Gasteiger partial charge in [0.2, 0.25) is 5.43 Å². The molecule has 0 aliphatic rings. The molecule has 228 valence electrons. The maximum Gasteiger partial charge on any atom is 0.350 e. The molecule has 0 atom stereocenters. The average Bonchev–Trinajstić information content (AvgIpc) is 2.99. The zero-order valence-electron chi connectivity index (χ0n) is 25.3. The Hall–Kier alpha value is -3.61. The fourth-order valence-corrected chi connectivity index (χ4v) is 4.74. The van der Waals surface area contributed by atoms with E-state index in [4.69, 9.17) is 18.6 Å². The minimum absolute atomic E-state index is 0.199. The summed E-state index contributed by atoms with van der Waals surface area (Å²) >= 11 is 0. The third kappa shape index (κ3) is 11.3. The van der Waals surface area contributed by atoms with Gasteiger partial charge in [0.25, 0.3) is 0 Å². The van der Waals surface area contributed by atoms with Crippen LogP contribution in [0.1, 0.15) is 121 Å². The number of esters is 2. The van der Waals surface area contributed by atoms with Gasteiger partial charge in [-0.05, 0) is 49.2 Å². The Morgan fingerprint density at radius 2 is 1.24 bits per heavy atom. The Balaban J connectivity index is 1.46. The summed E-state index contributed by atoms with van der Waals surface area (Å²) in [7, 11) is 0. The number of carbonyl (C=O) groups is 2. The number of unbranched alkanes of at least 4 members (excludes halogenated alkanes) is 12. The first-order valence-corrected chi connectivity index (χ1v) is 15.7. The second kappa shape index (κ2) is 18.7. The van der Waals surface area contributed by atoms with Crippen LogP contribution in [0.2, 0.25) is 0 Å². The maximum atomic E-state index is 13.0. The van der Waals surface area contributed by atoms with Crippen LogP contribution in [-0.4, -0.2) is 18.5 Å². The molecule has 1 aromatic heterocycles. The van der Waals surface area contributed by atoms with Crippen LogP contribution in [-0.2, 0) is 4.79 Å². The number of fused-ring (bicyclic) bond motifs is 1. The SMILES string of the molecule is CCCCCCCCCOc1ccc(OC(=O)c2coc3cc(OC(=O)CCCCCCCCC)ccc3c2=O)cc1. The van der Waals surface area contributed by atoms with E-state index >= 15 is 0 Å². The van der Waals surface area contributed by atoms with Crippen molar-refractivity contribution in [1.29, 1.82) is 0 Å². The monoisotopic (exact) mass is 578 g/mol. The standard InChI is InChI=1S/C35H46O7/c1-3-5-7-9-11-13-15-17-33(36)41-29-22-23-30-32(25-29)40-26-31(34(30)37)35(38)42-28-20-18-27(19-21-28)39-24-16-14-12-10-8-6-4-2/h18-23,25-26H,3-17,24H2,1-2H3. The van der Waals surface area contributed by atoms with Crippen molar-refractivity contribution in [3.05, 3.63) is 64.5 Å². The molecular weight excluding hydrogens is 532 g/mol. The minimum Gasteiger partial charge on any atom is -0.494 e. The number of hydrogen-bond donors (Lipinski definition) is 0. The molecule has 0 spiro atoms. The normalized spacial score (nSPS) is 11.0. The number of carbonyl (C=O) groups excluding carboxylic acids is 2. The van der Waals surface area contributed by atoms with E-state index in [0.717, 1.165) is 38.4 Å². The van der Waals surface area contributed by atoms with Gasteiger partial charge in [-0.3, -0.25) is 9.59 Å². The van der Waals surface area contributed by atoms with Crippen molar-refractivity contribution < 1.29 is 28.2 Å². The van der Waals surface area contributed by atoms with Gasteiger partial charge in [0.15, 0.2) is 0 Å². The molecule has 0 aliphatic heterocycles. The van der Waals surface area contributed by atoms with Crippen LogP contribution in [0.25, 0.3) is 11.0 Å². The summed E-state index contributed by atoms with van der Waals surface area (Å²) in [5.74, 6) is 0.159. The number of benzene rings is 2. The Kier molecular flexibility index (Phi) is 14.7. The Bertz CT molecular complexity index is 1290. The van der Waals surface area contributed by atoms with Gasteiger partial charge in [0.05, 0.1) is 12.0 Å². The van der Waals surface area contributed by atoms with Crippen LogP contribution in [0, 0.1) is 0 Å². The molecule has 2 aromatic carbocycles. The highest BCUT2D eigenvalue weighted by molar-refractivity contribution is 5.94. The van der Waals surface area contributed by atoms with Gasteiger partial charge in [-0.25, -0.2) is 4.79 Å². The fourth-order valence-electron chi connectivity index (χ4n) is 4.74. The summed E-state index contributed by atoms with van der Waals surface area (Å²) in [4.78, 5) is 37.9. The van der Waals surface area contributed by atoms with Crippen LogP contribution in [0.5, 0.6) is 17.2 Å². The highest BCUT2D eigenvalue weighted by Crippen LogP contribution is 2.22. The molecule has 0 bridgehead atoms. The molecule has 0 saturated heterocycles. The molecule has 3 rings (SSSR count). The Morgan fingerprint density at radius 3 is 1.90 bits per heavy atom. The number of hydrogen-bond acceptors (Lipinski definition) is 7. The lowest BCUT2D eigenvalue weighted by Crippen LogP contribution is -2.19. The first-order chi connectivity index (χ1) is 20.5. The maximum absolute atomic E-state index is 13.0. The van der Waals surface area contributed by atoms with E-state index in [2.05, 4.69) is 13.8 Å². The van der Waals surface area contributed by atoms with Crippen molar-refractivity contribution in [2.75, 3.05) is 6.61 Å². The van der Waals surface area contributed by atoms with Crippen molar-refractivity contribution in [2.24, 2.45) is 0 Å². The van der Waals surface area contributed by atoms with Gasteiger partial charge < -0.3 is 18.6 Å². The van der Waals surface area contributed by atoms with Crippen LogP contribution < -0.4 is 19.6 Å². The van der Waals surface area contributed by atoms with E-state index in [0.29, 0.717) is 30.3 Å². The molecule has 0 N–H and O–H groups in total. The predicted octanol–water partition coefficient (Wildman–Crippen LogP) is 9.19. The lowest BCUT2D eigenvalue weighted by Gasteiger charge is -2.08. The number of rotatable bonds is 20. The molecule has 42 heavy (non-hydrogen) atoms. The third-order valence-electron chi connectivity index (χ3n) is 7.23. The van der Waals surface area contributed by atoms with Gasteiger partial charge in [-0.1, -0.05) is 90.9 Å². The van der Waals surface area contributed by atoms with Crippen molar-refractivity contribution in [3.8, 4) is 17.2 Å². The van der Waals surface area contributed by atoms with Gasteiger partial charge >= 0.3 is 11.9 Å². The molecule has 1 heterocycles. The zero-order chi connectivity index (χ0) is 30.0. The molecule has 0 saturated carbocycles. The van der Waals surface area contributed by atoms with Crippen LogP contribution in [0.4, 0.5) is 0 Å². The largest absolute Gasteiger partial charge is 0.494 e. The summed E-state index contributed by atoms with van der Waals surface area (Å²) in [5.41, 5.74) is -0.512. The second-order valence-electron chi connectivity index (χ2n) is 10.8. The Morgan fingerprint density at radius 1 is 0.667 bits per heavy atom. The van der Waals surface area contributed by atoms with E-state index in [9.17, 15) is 14.4 Å². The molecule has 7 nitrogen and oxygen atoms in total. The highest BCUT2D eigenvalue weighted by Gasteiger charge is 2.18. The second-order valence-corrected chi connectivity index (χ2v) is 10.8. The first-order valence-electron chi connectivity index (χ1n) is 15.7. The molecule has 0 radical (unpaired) electrons.